The average molecular weight is 940 g/mol. The second-order valence-electron chi connectivity index (χ2n) is 19.4. The maximum atomic E-state index is 2.54. The summed E-state index contributed by atoms with van der Waals surface area (Å²) in [7, 11) is 0. The Kier molecular flexibility index (Phi) is 10.5. The van der Waals surface area contributed by atoms with Crippen molar-refractivity contribution in [1.82, 2.24) is 0 Å². The molecule has 0 spiro atoms. The normalized spacial score (nSPS) is 12.4. The number of benzene rings is 13. The van der Waals surface area contributed by atoms with Gasteiger partial charge in [0.25, 0.3) is 0 Å². The van der Waals surface area contributed by atoms with E-state index >= 15 is 0 Å². The van der Waals surface area contributed by atoms with Gasteiger partial charge in [-0.25, -0.2) is 0 Å². The van der Waals surface area contributed by atoms with Crippen LogP contribution < -0.4 is 4.90 Å². The second kappa shape index (κ2) is 17.9. The van der Waals surface area contributed by atoms with E-state index < -0.39 is 5.41 Å². The van der Waals surface area contributed by atoms with Gasteiger partial charge in [0, 0.05) is 16.6 Å². The molecule has 0 aliphatic heterocycles. The molecule has 0 radical (unpaired) electrons. The van der Waals surface area contributed by atoms with E-state index in [4.69, 9.17) is 0 Å². The van der Waals surface area contributed by atoms with Crippen LogP contribution >= 0.6 is 0 Å². The highest BCUT2D eigenvalue weighted by Gasteiger charge is 2.47. The molecule has 346 valence electrons. The van der Waals surface area contributed by atoms with E-state index in [-0.39, 0.29) is 0 Å². The largest absolute Gasteiger partial charge is 0.309 e. The molecule has 1 heteroatoms. The van der Waals surface area contributed by atoms with Crippen molar-refractivity contribution in [2.75, 3.05) is 4.90 Å². The summed E-state index contributed by atoms with van der Waals surface area (Å²) >= 11 is 0. The molecule has 14 rings (SSSR count). The van der Waals surface area contributed by atoms with E-state index in [9.17, 15) is 0 Å². The molecular weight excluding hydrogens is 891 g/mol. The van der Waals surface area contributed by atoms with Crippen LogP contribution in [0.2, 0.25) is 0 Å². The predicted octanol–water partition coefficient (Wildman–Crippen LogP) is 19.6. The molecule has 0 N–H and O–H groups in total. The minimum absolute atomic E-state index is 0.554. The third-order valence-electron chi connectivity index (χ3n) is 15.5. The van der Waals surface area contributed by atoms with Crippen molar-refractivity contribution in [3.8, 4) is 55.6 Å². The Hall–Kier alpha value is -9.56. The Morgan fingerprint density at radius 2 is 0.716 bits per heavy atom. The molecule has 1 aliphatic carbocycles. The van der Waals surface area contributed by atoms with Gasteiger partial charge in [0.2, 0.25) is 0 Å². The van der Waals surface area contributed by atoms with E-state index in [2.05, 4.69) is 302 Å². The predicted molar refractivity (Wildman–Crippen MR) is 313 cm³/mol. The first-order valence-corrected chi connectivity index (χ1v) is 25.7. The zero-order valence-electron chi connectivity index (χ0n) is 40.7. The van der Waals surface area contributed by atoms with Gasteiger partial charge < -0.3 is 4.90 Å². The summed E-state index contributed by atoms with van der Waals surface area (Å²) in [4.78, 5) is 2.54. The molecule has 13 aromatic rings. The van der Waals surface area contributed by atoms with Gasteiger partial charge in [-0.3, -0.25) is 0 Å². The van der Waals surface area contributed by atoms with Crippen LogP contribution in [0.5, 0.6) is 0 Å². The molecule has 1 nitrogen and oxygen atoms in total. The summed E-state index contributed by atoms with van der Waals surface area (Å²) in [5, 5.41) is 7.35. The second-order valence-corrected chi connectivity index (χ2v) is 19.4. The molecule has 0 saturated carbocycles. The number of rotatable bonds is 9. The summed E-state index contributed by atoms with van der Waals surface area (Å²) in [5.41, 5.74) is 19.9. The quantitative estimate of drug-likeness (QED) is 0.130. The van der Waals surface area contributed by atoms with Crippen LogP contribution in [-0.4, -0.2) is 0 Å². The Balaban J connectivity index is 1.04. The Labute approximate surface area is 432 Å². The topological polar surface area (TPSA) is 3.24 Å². The van der Waals surface area contributed by atoms with Crippen molar-refractivity contribution in [3.05, 3.63) is 320 Å². The SMILES string of the molecule is c1ccc(-c2ccc(N(c3cccc(-c4ccc5c(c4)c(-c4ccccc4)c(-c4ccccc4)c4ccccc45)c3)c3cccc4c3-c3ccccc3C4(c3ccccc3)c3ccccc3)c3ccccc23)cc1. The highest BCUT2D eigenvalue weighted by Crippen LogP contribution is 2.60. The first-order chi connectivity index (χ1) is 36.8. The smallest absolute Gasteiger partial charge is 0.0714 e. The lowest BCUT2D eigenvalue weighted by molar-refractivity contribution is 0.768. The van der Waals surface area contributed by atoms with Crippen LogP contribution in [0, 0.1) is 0 Å². The van der Waals surface area contributed by atoms with Crippen molar-refractivity contribution >= 4 is 49.4 Å². The van der Waals surface area contributed by atoms with Crippen LogP contribution in [0.4, 0.5) is 17.1 Å². The van der Waals surface area contributed by atoms with Crippen LogP contribution in [0.15, 0.2) is 297 Å². The van der Waals surface area contributed by atoms with E-state index in [1.807, 2.05) is 0 Å². The molecule has 13 aromatic carbocycles. The molecule has 0 bridgehead atoms. The lowest BCUT2D eigenvalue weighted by Crippen LogP contribution is -2.28. The minimum atomic E-state index is -0.554. The maximum absolute atomic E-state index is 2.54. The molecule has 74 heavy (non-hydrogen) atoms. The molecule has 0 amide bonds. The number of fused-ring (bicyclic) bond motifs is 7. The fourth-order valence-corrected chi connectivity index (χ4v) is 12.4. The first kappa shape index (κ1) is 43.2. The minimum Gasteiger partial charge on any atom is -0.309 e. The monoisotopic (exact) mass is 939 g/mol. The Bertz CT molecular complexity index is 4180. The van der Waals surface area contributed by atoms with Crippen LogP contribution in [0.25, 0.3) is 88.0 Å². The average Bonchev–Trinajstić information content (AvgIpc) is 3.88. The standard InChI is InChI=1S/C73H49N/c1-6-24-50(25-7-1)58-46-47-68(62-38-18-16-36-59(58)62)74(69-43-23-42-67-72(69)64-40-20-21-41-66(64)73(67,55-31-12-4-13-32-55)56-33-14-5-15-34-56)57-35-22-30-53(48-57)54-44-45-61-60-37-17-19-39-63(60)70(51-26-8-2-9-27-51)71(65(61)49-54)52-28-10-3-11-29-52/h1-49H. The summed E-state index contributed by atoms with van der Waals surface area (Å²) in [5.74, 6) is 0. The molecule has 0 fully saturated rings. The summed E-state index contributed by atoms with van der Waals surface area (Å²) in [6, 6.07) is 110. The van der Waals surface area contributed by atoms with Crippen molar-refractivity contribution in [2.24, 2.45) is 0 Å². The van der Waals surface area contributed by atoms with Gasteiger partial charge in [0.05, 0.1) is 16.8 Å². The van der Waals surface area contributed by atoms with Crippen LogP contribution in [0.1, 0.15) is 22.3 Å². The first-order valence-electron chi connectivity index (χ1n) is 25.7. The zero-order valence-corrected chi connectivity index (χ0v) is 40.7. The van der Waals surface area contributed by atoms with Gasteiger partial charge in [-0.2, -0.15) is 0 Å². The molecule has 0 unspecified atom stereocenters. The van der Waals surface area contributed by atoms with E-state index in [1.54, 1.807) is 0 Å². The van der Waals surface area contributed by atoms with Crippen molar-refractivity contribution in [2.45, 2.75) is 5.41 Å². The summed E-state index contributed by atoms with van der Waals surface area (Å²) in [6.45, 7) is 0. The maximum Gasteiger partial charge on any atom is 0.0714 e. The number of nitrogens with zero attached hydrogens (tertiary/aromatic N) is 1. The van der Waals surface area contributed by atoms with Crippen LogP contribution in [-0.2, 0) is 5.41 Å². The van der Waals surface area contributed by atoms with Gasteiger partial charge in [0.1, 0.15) is 0 Å². The van der Waals surface area contributed by atoms with E-state index in [0.29, 0.717) is 0 Å². The third-order valence-corrected chi connectivity index (χ3v) is 15.5. The zero-order chi connectivity index (χ0) is 49.0. The van der Waals surface area contributed by atoms with E-state index in [0.717, 1.165) is 28.2 Å². The summed E-state index contributed by atoms with van der Waals surface area (Å²) < 4.78 is 0. The third kappa shape index (κ3) is 6.85. The molecule has 1 aliphatic rings. The van der Waals surface area contributed by atoms with E-state index in [1.165, 1.54) is 99.1 Å². The molecule has 0 heterocycles. The lowest BCUT2D eigenvalue weighted by Gasteiger charge is -2.34. The van der Waals surface area contributed by atoms with Gasteiger partial charge >= 0.3 is 0 Å². The van der Waals surface area contributed by atoms with Crippen LogP contribution in [0.3, 0.4) is 0 Å². The van der Waals surface area contributed by atoms with Gasteiger partial charge in [-0.05, 0) is 130 Å². The van der Waals surface area contributed by atoms with Crippen molar-refractivity contribution < 1.29 is 0 Å². The van der Waals surface area contributed by atoms with Gasteiger partial charge in [-0.15, -0.1) is 0 Å². The fraction of sp³-hybridized carbons (Fsp3) is 0.0137. The highest BCUT2D eigenvalue weighted by atomic mass is 15.1. The molecule has 0 aromatic heterocycles. The highest BCUT2D eigenvalue weighted by molar-refractivity contribution is 6.22. The molecular formula is C73H49N. The number of anilines is 3. The fourth-order valence-electron chi connectivity index (χ4n) is 12.4. The van der Waals surface area contributed by atoms with Crippen molar-refractivity contribution in [1.29, 1.82) is 0 Å². The Morgan fingerprint density at radius 1 is 0.230 bits per heavy atom. The number of hydrogen-bond donors (Lipinski definition) is 0. The van der Waals surface area contributed by atoms with Crippen molar-refractivity contribution in [3.63, 3.8) is 0 Å². The lowest BCUT2D eigenvalue weighted by atomic mass is 9.68. The summed E-state index contributed by atoms with van der Waals surface area (Å²) in [6.07, 6.45) is 0. The van der Waals surface area contributed by atoms with Gasteiger partial charge in [-0.1, -0.05) is 267 Å². The van der Waals surface area contributed by atoms with Gasteiger partial charge in [0.15, 0.2) is 0 Å². The Morgan fingerprint density at radius 3 is 1.39 bits per heavy atom. The molecule has 0 saturated heterocycles. The molecule has 0 atom stereocenters. The number of hydrogen-bond acceptors (Lipinski definition) is 1.